The fourth-order valence-corrected chi connectivity index (χ4v) is 1.45. The summed E-state index contributed by atoms with van der Waals surface area (Å²) in [6.45, 7) is 2.08. The van der Waals surface area contributed by atoms with Gasteiger partial charge in [-0.15, -0.1) is 11.8 Å². The molecule has 1 rings (SSSR count). The number of nitrogens with zero attached hydrogens (tertiary/aromatic N) is 2. The first-order valence-electron chi connectivity index (χ1n) is 3.98. The molecule has 1 heterocycles. The molecule has 0 saturated heterocycles. The zero-order chi connectivity index (χ0) is 9.68. The van der Waals surface area contributed by atoms with Crippen molar-refractivity contribution in [1.82, 2.24) is 9.97 Å². The number of primary amides is 1. The highest BCUT2D eigenvalue weighted by Crippen LogP contribution is 2.14. The summed E-state index contributed by atoms with van der Waals surface area (Å²) in [6, 6.07) is 0. The van der Waals surface area contributed by atoms with Crippen LogP contribution in [-0.2, 0) is 0 Å². The van der Waals surface area contributed by atoms with Gasteiger partial charge in [-0.25, -0.2) is 4.98 Å². The van der Waals surface area contributed by atoms with Crippen molar-refractivity contribution in [3.63, 3.8) is 0 Å². The summed E-state index contributed by atoms with van der Waals surface area (Å²) < 4.78 is 0. The predicted molar refractivity (Wildman–Crippen MR) is 51.6 cm³/mol. The van der Waals surface area contributed by atoms with Gasteiger partial charge in [0.2, 0.25) is 0 Å². The molecule has 0 fully saturated rings. The number of amides is 1. The van der Waals surface area contributed by atoms with E-state index >= 15 is 0 Å². The molecule has 2 N–H and O–H groups in total. The maximum absolute atomic E-state index is 10.7. The lowest BCUT2D eigenvalue weighted by Crippen LogP contribution is -2.13. The van der Waals surface area contributed by atoms with Crippen LogP contribution in [0.3, 0.4) is 0 Å². The van der Waals surface area contributed by atoms with Crippen LogP contribution in [0.5, 0.6) is 0 Å². The summed E-state index contributed by atoms with van der Waals surface area (Å²) >= 11 is 1.57. The highest BCUT2D eigenvalue weighted by Gasteiger charge is 2.03. The molecule has 1 aromatic rings. The van der Waals surface area contributed by atoms with E-state index in [0.29, 0.717) is 0 Å². The number of thioether (sulfide) groups is 1. The number of nitrogens with two attached hydrogens (primary N) is 1. The quantitative estimate of drug-likeness (QED) is 0.733. The molecule has 0 saturated carbocycles. The second kappa shape index (κ2) is 4.81. The van der Waals surface area contributed by atoms with Gasteiger partial charge in [0, 0.05) is 0 Å². The number of aromatic nitrogens is 2. The van der Waals surface area contributed by atoms with Crippen LogP contribution in [0.2, 0.25) is 0 Å². The smallest absolute Gasteiger partial charge is 0.268 e. The van der Waals surface area contributed by atoms with Gasteiger partial charge in [0.25, 0.3) is 5.91 Å². The minimum atomic E-state index is -0.536. The molecular formula is C8H11N3OS. The normalized spacial score (nSPS) is 9.92. The first-order chi connectivity index (χ1) is 6.24. The van der Waals surface area contributed by atoms with Gasteiger partial charge in [-0.3, -0.25) is 9.78 Å². The molecule has 1 aromatic heterocycles. The van der Waals surface area contributed by atoms with Gasteiger partial charge in [0.15, 0.2) is 0 Å². The van der Waals surface area contributed by atoms with Crippen molar-refractivity contribution in [2.75, 3.05) is 5.75 Å². The fraction of sp³-hybridized carbons (Fsp3) is 0.375. The third-order valence-corrected chi connectivity index (χ3v) is 2.42. The van der Waals surface area contributed by atoms with E-state index in [-0.39, 0.29) is 5.69 Å². The number of hydrogen-bond donors (Lipinski definition) is 1. The minimum absolute atomic E-state index is 0.223. The van der Waals surface area contributed by atoms with E-state index in [9.17, 15) is 4.79 Å². The van der Waals surface area contributed by atoms with Crippen molar-refractivity contribution < 1.29 is 4.79 Å². The van der Waals surface area contributed by atoms with Gasteiger partial charge in [-0.2, -0.15) is 0 Å². The lowest BCUT2D eigenvalue weighted by atomic mass is 10.4. The van der Waals surface area contributed by atoms with Crippen LogP contribution in [0.4, 0.5) is 0 Å². The molecule has 1 amide bonds. The number of hydrogen-bond acceptors (Lipinski definition) is 4. The molecule has 4 nitrogen and oxygen atoms in total. The fourth-order valence-electron chi connectivity index (χ4n) is 0.743. The maximum atomic E-state index is 10.7. The van der Waals surface area contributed by atoms with Crippen LogP contribution in [0, 0.1) is 0 Å². The predicted octanol–water partition coefficient (Wildman–Crippen LogP) is 1.08. The van der Waals surface area contributed by atoms with Crippen LogP contribution < -0.4 is 5.73 Å². The van der Waals surface area contributed by atoms with E-state index in [1.165, 1.54) is 6.20 Å². The standard InChI is InChI=1S/C8H11N3OS/c1-2-3-13-7-5-10-4-6(11-7)8(9)12/h4-5H,2-3H2,1H3,(H2,9,12). The number of rotatable bonds is 4. The second-order valence-electron chi connectivity index (χ2n) is 2.46. The maximum Gasteiger partial charge on any atom is 0.268 e. The van der Waals surface area contributed by atoms with Crippen LogP contribution in [0.15, 0.2) is 17.4 Å². The van der Waals surface area contributed by atoms with E-state index in [1.54, 1.807) is 18.0 Å². The molecule has 0 aliphatic heterocycles. The lowest BCUT2D eigenvalue weighted by molar-refractivity contribution is 0.0994. The average Bonchev–Trinajstić information content (AvgIpc) is 2.15. The van der Waals surface area contributed by atoms with Crippen LogP contribution in [0.1, 0.15) is 23.8 Å². The third-order valence-electron chi connectivity index (χ3n) is 1.32. The summed E-state index contributed by atoms with van der Waals surface area (Å²) in [6.07, 6.45) is 4.07. The van der Waals surface area contributed by atoms with Gasteiger partial charge in [-0.05, 0) is 12.2 Å². The highest BCUT2D eigenvalue weighted by atomic mass is 32.2. The Kier molecular flexibility index (Phi) is 3.70. The molecule has 0 radical (unpaired) electrons. The Balaban J connectivity index is 2.73. The Bertz CT molecular complexity index is 303. The van der Waals surface area contributed by atoms with Gasteiger partial charge in [0.1, 0.15) is 10.7 Å². The van der Waals surface area contributed by atoms with Gasteiger partial charge < -0.3 is 5.73 Å². The van der Waals surface area contributed by atoms with E-state index in [1.807, 2.05) is 0 Å². The Morgan fingerprint density at radius 1 is 1.62 bits per heavy atom. The molecule has 0 spiro atoms. The topological polar surface area (TPSA) is 68.9 Å². The Labute approximate surface area is 81.0 Å². The number of carbonyl (C=O) groups is 1. The van der Waals surface area contributed by atoms with Crippen LogP contribution in [-0.4, -0.2) is 21.6 Å². The minimum Gasteiger partial charge on any atom is -0.364 e. The van der Waals surface area contributed by atoms with E-state index in [2.05, 4.69) is 16.9 Å². The molecule has 0 aliphatic rings. The zero-order valence-electron chi connectivity index (χ0n) is 7.36. The largest absolute Gasteiger partial charge is 0.364 e. The van der Waals surface area contributed by atoms with Crippen molar-refractivity contribution in [2.45, 2.75) is 18.4 Å². The SMILES string of the molecule is CCCSc1cncc(C(N)=O)n1. The summed E-state index contributed by atoms with van der Waals surface area (Å²) in [4.78, 5) is 18.6. The summed E-state index contributed by atoms with van der Waals surface area (Å²) in [5.41, 5.74) is 5.28. The molecule has 70 valence electrons. The molecule has 5 heteroatoms. The Morgan fingerprint density at radius 2 is 2.38 bits per heavy atom. The van der Waals surface area contributed by atoms with Crippen molar-refractivity contribution in [2.24, 2.45) is 5.73 Å². The zero-order valence-corrected chi connectivity index (χ0v) is 8.17. The highest BCUT2D eigenvalue weighted by molar-refractivity contribution is 7.99. The molecule has 0 unspecified atom stereocenters. The molecule has 0 bridgehead atoms. The first kappa shape index (κ1) is 9.98. The summed E-state index contributed by atoms with van der Waals surface area (Å²) in [5.74, 6) is 0.433. The Hall–Kier alpha value is -1.10. The lowest BCUT2D eigenvalue weighted by Gasteiger charge is -1.99. The van der Waals surface area contributed by atoms with Crippen molar-refractivity contribution >= 4 is 17.7 Å². The van der Waals surface area contributed by atoms with E-state index < -0.39 is 5.91 Å². The van der Waals surface area contributed by atoms with Crippen molar-refractivity contribution in [3.05, 3.63) is 18.1 Å². The van der Waals surface area contributed by atoms with Gasteiger partial charge in [0.05, 0.1) is 12.4 Å². The third kappa shape index (κ3) is 3.02. The molecule has 0 aromatic carbocycles. The van der Waals surface area contributed by atoms with Crippen molar-refractivity contribution in [3.8, 4) is 0 Å². The number of carbonyl (C=O) groups excluding carboxylic acids is 1. The molecule has 0 atom stereocenters. The molecule has 13 heavy (non-hydrogen) atoms. The van der Waals surface area contributed by atoms with E-state index in [0.717, 1.165) is 17.2 Å². The van der Waals surface area contributed by atoms with E-state index in [4.69, 9.17) is 5.73 Å². The average molecular weight is 197 g/mol. The molecular weight excluding hydrogens is 186 g/mol. The summed E-state index contributed by atoms with van der Waals surface area (Å²) in [7, 11) is 0. The monoisotopic (exact) mass is 197 g/mol. The van der Waals surface area contributed by atoms with Gasteiger partial charge >= 0.3 is 0 Å². The molecule has 0 aliphatic carbocycles. The first-order valence-corrected chi connectivity index (χ1v) is 4.97. The Morgan fingerprint density at radius 3 is 3.00 bits per heavy atom. The van der Waals surface area contributed by atoms with Crippen molar-refractivity contribution in [1.29, 1.82) is 0 Å². The summed E-state index contributed by atoms with van der Waals surface area (Å²) in [5, 5.41) is 0.748. The second-order valence-corrected chi connectivity index (χ2v) is 3.57. The van der Waals surface area contributed by atoms with Crippen LogP contribution in [0.25, 0.3) is 0 Å². The van der Waals surface area contributed by atoms with Crippen LogP contribution >= 0.6 is 11.8 Å². The van der Waals surface area contributed by atoms with Gasteiger partial charge in [-0.1, -0.05) is 6.92 Å².